The molecule has 2 aromatic heterocycles. The van der Waals surface area contributed by atoms with Gasteiger partial charge in [0.05, 0.1) is 11.1 Å². The summed E-state index contributed by atoms with van der Waals surface area (Å²) < 4.78 is 6.57. The largest absolute Gasteiger partial charge is 0.437 e. The van der Waals surface area contributed by atoms with Gasteiger partial charge >= 0.3 is 0 Å². The van der Waals surface area contributed by atoms with Gasteiger partial charge < -0.3 is 9.32 Å². The molecule has 3 nitrogen and oxygen atoms in total. The third-order valence-electron chi connectivity index (χ3n) is 9.87. The fourth-order valence-corrected chi connectivity index (χ4v) is 7.51. The molecule has 0 atom stereocenters. The molecule has 0 fully saturated rings. The van der Waals surface area contributed by atoms with Crippen LogP contribution in [0.1, 0.15) is 0 Å². The molecule has 0 aliphatic rings. The lowest BCUT2D eigenvalue weighted by atomic mass is 9.97. The first-order chi connectivity index (χ1) is 24.8. The van der Waals surface area contributed by atoms with Crippen molar-refractivity contribution in [1.29, 1.82) is 0 Å². The van der Waals surface area contributed by atoms with E-state index in [-0.39, 0.29) is 0 Å². The Hall–Kier alpha value is -6.71. The highest BCUT2D eigenvalue weighted by Crippen LogP contribution is 2.45. The van der Waals surface area contributed by atoms with E-state index in [1.54, 1.807) is 0 Å². The van der Waals surface area contributed by atoms with Crippen molar-refractivity contribution in [3.8, 4) is 22.3 Å². The van der Waals surface area contributed by atoms with Crippen LogP contribution < -0.4 is 4.90 Å². The van der Waals surface area contributed by atoms with Crippen LogP contribution in [0.4, 0.5) is 17.1 Å². The number of hydrogen-bond acceptors (Lipinski definition) is 3. The van der Waals surface area contributed by atoms with E-state index >= 15 is 0 Å². The van der Waals surface area contributed by atoms with Crippen molar-refractivity contribution in [2.24, 2.45) is 0 Å². The highest BCUT2D eigenvalue weighted by atomic mass is 16.3. The molecule has 0 amide bonds. The van der Waals surface area contributed by atoms with Crippen LogP contribution in [-0.4, -0.2) is 4.98 Å². The lowest BCUT2D eigenvalue weighted by molar-refractivity contribution is 0.657. The van der Waals surface area contributed by atoms with Gasteiger partial charge in [-0.1, -0.05) is 133 Å². The number of hydrogen-bond donors (Lipinski definition) is 0. The van der Waals surface area contributed by atoms with E-state index in [9.17, 15) is 0 Å². The summed E-state index contributed by atoms with van der Waals surface area (Å²) in [5.41, 5.74) is 9.27. The van der Waals surface area contributed by atoms with Gasteiger partial charge in [-0.15, -0.1) is 0 Å². The summed E-state index contributed by atoms with van der Waals surface area (Å²) in [5.74, 6) is 0. The number of furan rings is 1. The second-order valence-electron chi connectivity index (χ2n) is 12.8. The number of benzene rings is 8. The maximum Gasteiger partial charge on any atom is 0.229 e. The Morgan fingerprint density at radius 2 is 1.04 bits per heavy atom. The van der Waals surface area contributed by atoms with Gasteiger partial charge in [0.15, 0.2) is 0 Å². The normalized spacial score (nSPS) is 11.6. The monoisotopic (exact) mass is 638 g/mol. The van der Waals surface area contributed by atoms with Gasteiger partial charge in [-0.05, 0) is 91.6 Å². The molecule has 0 saturated heterocycles. The van der Waals surface area contributed by atoms with Crippen LogP contribution in [0.15, 0.2) is 187 Å². The summed E-state index contributed by atoms with van der Waals surface area (Å²) in [6.45, 7) is 0. The fraction of sp³-hybridized carbons (Fsp3) is 0. The Bertz CT molecular complexity index is 2900. The summed E-state index contributed by atoms with van der Waals surface area (Å²) in [7, 11) is 0. The Labute approximate surface area is 289 Å². The van der Waals surface area contributed by atoms with Crippen LogP contribution >= 0.6 is 0 Å². The van der Waals surface area contributed by atoms with Crippen molar-refractivity contribution in [3.05, 3.63) is 182 Å². The topological polar surface area (TPSA) is 29.3 Å². The van der Waals surface area contributed by atoms with Crippen molar-refractivity contribution in [2.75, 3.05) is 4.90 Å². The number of pyridine rings is 1. The highest BCUT2D eigenvalue weighted by Gasteiger charge is 2.22. The van der Waals surface area contributed by atoms with E-state index in [4.69, 9.17) is 9.40 Å². The summed E-state index contributed by atoms with van der Waals surface area (Å²) in [6.07, 6.45) is 1.86. The molecule has 10 aromatic rings. The van der Waals surface area contributed by atoms with E-state index in [2.05, 4.69) is 181 Å². The summed E-state index contributed by atoms with van der Waals surface area (Å²) in [6, 6.07) is 62.9. The van der Waals surface area contributed by atoms with Gasteiger partial charge in [-0.2, -0.15) is 0 Å². The molecule has 234 valence electrons. The maximum absolute atomic E-state index is 6.57. The first kappa shape index (κ1) is 28.3. The number of fused-ring (bicyclic) bond motifs is 7. The number of rotatable bonds is 5. The molecule has 10 rings (SSSR count). The minimum absolute atomic E-state index is 0.620. The number of nitrogens with zero attached hydrogens (tertiary/aromatic N) is 2. The van der Waals surface area contributed by atoms with Crippen LogP contribution in [0.3, 0.4) is 0 Å². The predicted octanol–water partition coefficient (Wildman–Crippen LogP) is 13.2. The quantitative estimate of drug-likeness (QED) is 0.188. The van der Waals surface area contributed by atoms with Crippen molar-refractivity contribution >= 4 is 71.4 Å². The molecule has 0 radical (unpaired) electrons. The zero-order valence-corrected chi connectivity index (χ0v) is 27.1. The molecular weight excluding hydrogens is 609 g/mol. The van der Waals surface area contributed by atoms with Gasteiger partial charge in [-0.3, -0.25) is 0 Å². The van der Waals surface area contributed by atoms with E-state index in [1.807, 2.05) is 6.20 Å². The zero-order valence-electron chi connectivity index (χ0n) is 27.1. The second-order valence-corrected chi connectivity index (χ2v) is 12.8. The van der Waals surface area contributed by atoms with Gasteiger partial charge in [0.1, 0.15) is 5.58 Å². The van der Waals surface area contributed by atoms with Crippen molar-refractivity contribution in [1.82, 2.24) is 4.98 Å². The molecule has 0 bridgehead atoms. The molecule has 0 N–H and O–H groups in total. The molecule has 8 aromatic carbocycles. The molecular formula is C47H30N2O. The molecule has 0 aliphatic carbocycles. The molecule has 3 heteroatoms. The highest BCUT2D eigenvalue weighted by molar-refractivity contribution is 6.19. The predicted molar refractivity (Wildman–Crippen MR) is 210 cm³/mol. The van der Waals surface area contributed by atoms with Crippen molar-refractivity contribution < 1.29 is 4.42 Å². The maximum atomic E-state index is 6.57. The standard InChI is InChI=1S/C47H30N2O/c1-2-13-34-28-36(23-22-31(34)10-1)35-15-7-17-38(29-35)49(39-18-8-16-37(30-39)41-21-9-14-32-11-3-5-19-40(32)41)44-26-27-48-47-45(44)43-25-24-33-12-4-6-20-42(33)46(43)50-47/h1-30H. The second kappa shape index (κ2) is 11.5. The first-order valence-electron chi connectivity index (χ1n) is 17.0. The SMILES string of the molecule is c1cc(-c2ccc3ccccc3c2)cc(N(c2cccc(-c3cccc4ccccc34)c2)c2ccnc3oc4c5ccccc5ccc4c23)c1. The Balaban J connectivity index is 1.22. The lowest BCUT2D eigenvalue weighted by Crippen LogP contribution is -2.11. The van der Waals surface area contributed by atoms with Crippen LogP contribution in [0.2, 0.25) is 0 Å². The van der Waals surface area contributed by atoms with Gasteiger partial charge in [0, 0.05) is 28.3 Å². The smallest absolute Gasteiger partial charge is 0.229 e. The van der Waals surface area contributed by atoms with Gasteiger partial charge in [-0.25, -0.2) is 4.98 Å². The van der Waals surface area contributed by atoms with Crippen LogP contribution in [0, 0.1) is 0 Å². The summed E-state index contributed by atoms with van der Waals surface area (Å²) >= 11 is 0. The van der Waals surface area contributed by atoms with Gasteiger partial charge in [0.2, 0.25) is 5.71 Å². The third kappa shape index (κ3) is 4.63. The average molecular weight is 639 g/mol. The molecule has 0 spiro atoms. The van der Waals surface area contributed by atoms with Crippen LogP contribution in [0.5, 0.6) is 0 Å². The molecule has 0 aliphatic heterocycles. The van der Waals surface area contributed by atoms with Gasteiger partial charge in [0.25, 0.3) is 0 Å². The number of anilines is 3. The third-order valence-corrected chi connectivity index (χ3v) is 9.87. The van der Waals surface area contributed by atoms with Crippen LogP contribution in [0.25, 0.3) is 76.6 Å². The van der Waals surface area contributed by atoms with E-state index in [0.29, 0.717) is 5.71 Å². The molecule has 50 heavy (non-hydrogen) atoms. The van der Waals surface area contributed by atoms with Crippen LogP contribution in [-0.2, 0) is 0 Å². The Kier molecular flexibility index (Phi) is 6.49. The zero-order chi connectivity index (χ0) is 33.0. The summed E-state index contributed by atoms with van der Waals surface area (Å²) in [4.78, 5) is 7.11. The van der Waals surface area contributed by atoms with Crippen molar-refractivity contribution in [3.63, 3.8) is 0 Å². The first-order valence-corrected chi connectivity index (χ1v) is 17.0. The fourth-order valence-electron chi connectivity index (χ4n) is 7.51. The number of aromatic nitrogens is 1. The van der Waals surface area contributed by atoms with E-state index in [1.165, 1.54) is 32.7 Å². The van der Waals surface area contributed by atoms with E-state index < -0.39 is 0 Å². The van der Waals surface area contributed by atoms with Crippen molar-refractivity contribution in [2.45, 2.75) is 0 Å². The molecule has 0 unspecified atom stereocenters. The Morgan fingerprint density at radius 3 is 1.88 bits per heavy atom. The summed E-state index contributed by atoms with van der Waals surface area (Å²) in [5, 5.41) is 9.17. The lowest BCUT2D eigenvalue weighted by Gasteiger charge is -2.27. The molecule has 0 saturated carbocycles. The van der Waals surface area contributed by atoms with E-state index in [0.717, 1.165) is 55.3 Å². The average Bonchev–Trinajstić information content (AvgIpc) is 3.58. The minimum atomic E-state index is 0.620. The molecule has 2 heterocycles. The minimum Gasteiger partial charge on any atom is -0.437 e. The Morgan fingerprint density at radius 1 is 0.420 bits per heavy atom.